The van der Waals surface area contributed by atoms with E-state index >= 15 is 0 Å². The van der Waals surface area contributed by atoms with Crippen molar-refractivity contribution in [3.63, 3.8) is 0 Å². The maximum Gasteiger partial charge on any atom is 0.122 e. The highest BCUT2D eigenvalue weighted by molar-refractivity contribution is 6.31. The van der Waals surface area contributed by atoms with E-state index in [0.29, 0.717) is 17.1 Å². The summed E-state index contributed by atoms with van der Waals surface area (Å²) in [7, 11) is 4.08. The monoisotopic (exact) mass is 290 g/mol. The zero-order valence-corrected chi connectivity index (χ0v) is 12.5. The van der Waals surface area contributed by atoms with E-state index in [0.717, 1.165) is 12.2 Å². The minimum atomic E-state index is 0.218. The highest BCUT2D eigenvalue weighted by atomic mass is 35.5. The number of para-hydroxylation sites is 1. The SMILES string of the molecule is CN(C)Cc1ccccc1NCc1c(O)cccc1Cl. The van der Waals surface area contributed by atoms with Crippen molar-refractivity contribution < 1.29 is 5.11 Å². The number of halogens is 1. The van der Waals surface area contributed by atoms with Crippen molar-refractivity contribution in [2.75, 3.05) is 19.4 Å². The number of benzene rings is 2. The molecular formula is C16H19ClN2O. The fourth-order valence-corrected chi connectivity index (χ4v) is 2.31. The van der Waals surface area contributed by atoms with Gasteiger partial charge in [0.15, 0.2) is 0 Å². The molecule has 0 saturated carbocycles. The molecule has 0 aliphatic rings. The van der Waals surface area contributed by atoms with Crippen LogP contribution in [0.1, 0.15) is 11.1 Å². The third kappa shape index (κ3) is 3.65. The quantitative estimate of drug-likeness (QED) is 0.881. The van der Waals surface area contributed by atoms with Crippen LogP contribution in [0.25, 0.3) is 0 Å². The number of anilines is 1. The number of phenols is 1. The van der Waals surface area contributed by atoms with Gasteiger partial charge in [0, 0.05) is 29.4 Å². The van der Waals surface area contributed by atoms with Gasteiger partial charge >= 0.3 is 0 Å². The van der Waals surface area contributed by atoms with E-state index in [1.54, 1.807) is 18.2 Å². The van der Waals surface area contributed by atoms with Crippen LogP contribution in [-0.2, 0) is 13.1 Å². The molecule has 0 amide bonds. The summed E-state index contributed by atoms with van der Waals surface area (Å²) < 4.78 is 0. The fraction of sp³-hybridized carbons (Fsp3) is 0.250. The smallest absolute Gasteiger partial charge is 0.122 e. The van der Waals surface area contributed by atoms with Gasteiger partial charge in [-0.15, -0.1) is 0 Å². The molecule has 0 aliphatic carbocycles. The maximum atomic E-state index is 9.85. The average molecular weight is 291 g/mol. The molecule has 0 aliphatic heterocycles. The Morgan fingerprint density at radius 3 is 2.55 bits per heavy atom. The van der Waals surface area contributed by atoms with Crippen molar-refractivity contribution in [3.8, 4) is 5.75 Å². The lowest BCUT2D eigenvalue weighted by Crippen LogP contribution is -2.13. The summed E-state index contributed by atoms with van der Waals surface area (Å²) in [6.45, 7) is 1.35. The molecule has 0 heterocycles. The number of nitrogens with one attached hydrogen (secondary N) is 1. The highest BCUT2D eigenvalue weighted by Gasteiger charge is 2.07. The minimum Gasteiger partial charge on any atom is -0.508 e. The largest absolute Gasteiger partial charge is 0.508 e. The highest BCUT2D eigenvalue weighted by Crippen LogP contribution is 2.26. The Balaban J connectivity index is 2.15. The van der Waals surface area contributed by atoms with Crippen LogP contribution in [0.3, 0.4) is 0 Å². The van der Waals surface area contributed by atoms with Gasteiger partial charge in [-0.3, -0.25) is 0 Å². The number of hydrogen-bond acceptors (Lipinski definition) is 3. The Labute approximate surface area is 124 Å². The van der Waals surface area contributed by atoms with Crippen molar-refractivity contribution in [2.45, 2.75) is 13.1 Å². The molecule has 0 atom stereocenters. The van der Waals surface area contributed by atoms with Crippen LogP contribution in [0.5, 0.6) is 5.75 Å². The first-order valence-electron chi connectivity index (χ1n) is 6.51. The van der Waals surface area contributed by atoms with Crippen LogP contribution in [0.4, 0.5) is 5.69 Å². The second kappa shape index (κ2) is 6.64. The van der Waals surface area contributed by atoms with Crippen molar-refractivity contribution in [3.05, 3.63) is 58.6 Å². The summed E-state index contributed by atoms with van der Waals surface area (Å²) in [4.78, 5) is 2.12. The van der Waals surface area contributed by atoms with Crippen LogP contribution >= 0.6 is 11.6 Å². The van der Waals surface area contributed by atoms with E-state index in [-0.39, 0.29) is 5.75 Å². The predicted octanol–water partition coefficient (Wildman–Crippen LogP) is 3.72. The standard InChI is InChI=1S/C16H19ClN2O/c1-19(2)11-12-6-3-4-8-15(12)18-10-13-14(17)7-5-9-16(13)20/h3-9,18,20H,10-11H2,1-2H3. The number of phenolic OH excluding ortho intramolecular Hbond substituents is 1. The Hall–Kier alpha value is -1.71. The van der Waals surface area contributed by atoms with Gasteiger partial charge in [-0.05, 0) is 37.9 Å². The predicted molar refractivity (Wildman–Crippen MR) is 84.3 cm³/mol. The molecule has 0 aromatic heterocycles. The van der Waals surface area contributed by atoms with Gasteiger partial charge in [-0.1, -0.05) is 35.9 Å². The molecule has 2 N–H and O–H groups in total. The van der Waals surface area contributed by atoms with Crippen LogP contribution in [-0.4, -0.2) is 24.1 Å². The van der Waals surface area contributed by atoms with Crippen LogP contribution < -0.4 is 5.32 Å². The molecule has 20 heavy (non-hydrogen) atoms. The van der Waals surface area contributed by atoms with Gasteiger partial charge in [0.1, 0.15) is 5.75 Å². The van der Waals surface area contributed by atoms with Crippen molar-refractivity contribution >= 4 is 17.3 Å². The normalized spacial score (nSPS) is 10.8. The first-order chi connectivity index (χ1) is 9.58. The van der Waals surface area contributed by atoms with Gasteiger partial charge in [0.05, 0.1) is 0 Å². The third-order valence-corrected chi connectivity index (χ3v) is 3.41. The zero-order chi connectivity index (χ0) is 14.5. The molecule has 0 bridgehead atoms. The Morgan fingerprint density at radius 2 is 1.85 bits per heavy atom. The average Bonchev–Trinajstić information content (AvgIpc) is 2.39. The van der Waals surface area contributed by atoms with E-state index in [4.69, 9.17) is 11.6 Å². The third-order valence-electron chi connectivity index (χ3n) is 3.05. The molecule has 3 nitrogen and oxygen atoms in total. The van der Waals surface area contributed by atoms with E-state index < -0.39 is 0 Å². The van der Waals surface area contributed by atoms with Gasteiger partial charge < -0.3 is 15.3 Å². The van der Waals surface area contributed by atoms with Crippen LogP contribution in [0.2, 0.25) is 5.02 Å². The van der Waals surface area contributed by atoms with Crippen LogP contribution in [0.15, 0.2) is 42.5 Å². The molecule has 4 heteroatoms. The molecule has 0 spiro atoms. The molecule has 0 saturated heterocycles. The Morgan fingerprint density at radius 1 is 1.10 bits per heavy atom. The zero-order valence-electron chi connectivity index (χ0n) is 11.7. The first-order valence-corrected chi connectivity index (χ1v) is 6.88. The topological polar surface area (TPSA) is 35.5 Å². The summed E-state index contributed by atoms with van der Waals surface area (Å²) in [5, 5.41) is 13.8. The lowest BCUT2D eigenvalue weighted by Gasteiger charge is -2.16. The van der Waals surface area contributed by atoms with Gasteiger partial charge in [-0.25, -0.2) is 0 Å². The van der Waals surface area contributed by atoms with E-state index in [2.05, 4.69) is 16.3 Å². The second-order valence-corrected chi connectivity index (χ2v) is 5.39. The summed E-state index contributed by atoms with van der Waals surface area (Å²) in [5.41, 5.74) is 2.98. The molecule has 106 valence electrons. The molecule has 0 radical (unpaired) electrons. The molecule has 2 aromatic rings. The lowest BCUT2D eigenvalue weighted by atomic mass is 10.1. The summed E-state index contributed by atoms with van der Waals surface area (Å²) in [6, 6.07) is 13.3. The fourth-order valence-electron chi connectivity index (χ4n) is 2.08. The molecular weight excluding hydrogens is 272 g/mol. The van der Waals surface area contributed by atoms with Gasteiger partial charge in [0.2, 0.25) is 0 Å². The van der Waals surface area contributed by atoms with Gasteiger partial charge in [0.25, 0.3) is 0 Å². The van der Waals surface area contributed by atoms with Crippen molar-refractivity contribution in [1.82, 2.24) is 4.90 Å². The number of aromatic hydroxyl groups is 1. The van der Waals surface area contributed by atoms with E-state index in [9.17, 15) is 5.11 Å². The van der Waals surface area contributed by atoms with E-state index in [1.165, 1.54) is 5.56 Å². The number of rotatable bonds is 5. The summed E-state index contributed by atoms with van der Waals surface area (Å²) in [5.74, 6) is 0.218. The first kappa shape index (κ1) is 14.7. The number of hydrogen-bond donors (Lipinski definition) is 2. The lowest BCUT2D eigenvalue weighted by molar-refractivity contribution is 0.403. The number of nitrogens with zero attached hydrogens (tertiary/aromatic N) is 1. The maximum absolute atomic E-state index is 9.85. The Kier molecular flexibility index (Phi) is 4.88. The van der Waals surface area contributed by atoms with Crippen molar-refractivity contribution in [2.24, 2.45) is 0 Å². The minimum absolute atomic E-state index is 0.218. The van der Waals surface area contributed by atoms with Gasteiger partial charge in [-0.2, -0.15) is 0 Å². The van der Waals surface area contributed by atoms with Crippen molar-refractivity contribution in [1.29, 1.82) is 0 Å². The van der Waals surface area contributed by atoms with Crippen LogP contribution in [0, 0.1) is 0 Å². The summed E-state index contributed by atoms with van der Waals surface area (Å²) in [6.07, 6.45) is 0. The molecule has 0 unspecified atom stereocenters. The second-order valence-electron chi connectivity index (χ2n) is 4.99. The van der Waals surface area contributed by atoms with E-state index in [1.807, 2.05) is 32.3 Å². The molecule has 2 aromatic carbocycles. The molecule has 2 rings (SSSR count). The molecule has 0 fully saturated rings. The summed E-state index contributed by atoms with van der Waals surface area (Å²) >= 11 is 6.11. The Bertz CT molecular complexity index is 564.